The normalized spacial score (nSPS) is 14.0. The summed E-state index contributed by atoms with van der Waals surface area (Å²) in [5.41, 5.74) is 2.41. The quantitative estimate of drug-likeness (QED) is 0.353. The Labute approximate surface area is 202 Å². The first kappa shape index (κ1) is 23.9. The molecule has 180 valence electrons. The first-order chi connectivity index (χ1) is 16.5. The van der Waals surface area contributed by atoms with Gasteiger partial charge < -0.3 is 14.5 Å². The summed E-state index contributed by atoms with van der Waals surface area (Å²) in [7, 11) is 0. The standard InChI is InChI=1S/C23H29N7O3S/c1-4-33-19(31)9-8-17-16(3)27-23-25-15-26-30(23)21(17)28-11-13-29(14-12-28)22(32)18-7-6-10-24-20(18)34-5-2/h6-7,10,15H,4-5,8-9,11-14H2,1-3H3. The van der Waals surface area contributed by atoms with Crippen molar-refractivity contribution in [3.8, 4) is 0 Å². The second-order valence-corrected chi connectivity index (χ2v) is 9.10. The Hall–Kier alpha value is -3.21. The van der Waals surface area contributed by atoms with Gasteiger partial charge in [-0.05, 0) is 38.2 Å². The summed E-state index contributed by atoms with van der Waals surface area (Å²) in [6.07, 6.45) is 3.96. The third kappa shape index (κ3) is 4.98. The number of carbonyl (C=O) groups is 2. The van der Waals surface area contributed by atoms with E-state index < -0.39 is 0 Å². The molecule has 11 heteroatoms. The number of thioether (sulfide) groups is 1. The third-order valence-electron chi connectivity index (χ3n) is 5.74. The maximum Gasteiger partial charge on any atom is 0.306 e. The summed E-state index contributed by atoms with van der Waals surface area (Å²) in [5, 5.41) is 5.16. The minimum Gasteiger partial charge on any atom is -0.466 e. The molecule has 1 aliphatic rings. The van der Waals surface area contributed by atoms with Crippen LogP contribution in [-0.4, -0.2) is 79.9 Å². The van der Waals surface area contributed by atoms with Crippen LogP contribution < -0.4 is 4.90 Å². The molecule has 1 saturated heterocycles. The van der Waals surface area contributed by atoms with Gasteiger partial charge in [0.05, 0.1) is 12.2 Å². The van der Waals surface area contributed by atoms with Gasteiger partial charge in [-0.3, -0.25) is 9.59 Å². The number of ether oxygens (including phenoxy) is 1. The Balaban J connectivity index is 1.55. The van der Waals surface area contributed by atoms with E-state index in [4.69, 9.17) is 4.74 Å². The van der Waals surface area contributed by atoms with Crippen LogP contribution in [0, 0.1) is 6.92 Å². The second kappa shape index (κ2) is 10.8. The van der Waals surface area contributed by atoms with Gasteiger partial charge in [0.1, 0.15) is 17.2 Å². The lowest BCUT2D eigenvalue weighted by atomic mass is 10.1. The van der Waals surface area contributed by atoms with Crippen LogP contribution in [0.2, 0.25) is 0 Å². The van der Waals surface area contributed by atoms with Crippen LogP contribution in [0.5, 0.6) is 0 Å². The van der Waals surface area contributed by atoms with Crippen molar-refractivity contribution < 1.29 is 14.3 Å². The fourth-order valence-electron chi connectivity index (χ4n) is 4.14. The van der Waals surface area contributed by atoms with Crippen LogP contribution >= 0.6 is 11.8 Å². The van der Waals surface area contributed by atoms with E-state index in [-0.39, 0.29) is 18.3 Å². The molecule has 3 aromatic heterocycles. The van der Waals surface area contributed by atoms with Gasteiger partial charge in [-0.1, -0.05) is 6.92 Å². The smallest absolute Gasteiger partial charge is 0.306 e. The summed E-state index contributed by atoms with van der Waals surface area (Å²) < 4.78 is 6.84. The predicted molar refractivity (Wildman–Crippen MR) is 129 cm³/mol. The number of aromatic nitrogens is 5. The van der Waals surface area contributed by atoms with E-state index in [0.29, 0.717) is 50.5 Å². The van der Waals surface area contributed by atoms with Gasteiger partial charge in [0.25, 0.3) is 11.7 Å². The number of fused-ring (bicyclic) bond motifs is 1. The van der Waals surface area contributed by atoms with Gasteiger partial charge >= 0.3 is 5.97 Å². The molecule has 0 spiro atoms. The summed E-state index contributed by atoms with van der Waals surface area (Å²) in [6, 6.07) is 3.65. The van der Waals surface area contributed by atoms with Gasteiger partial charge in [0.2, 0.25) is 0 Å². The minimum absolute atomic E-state index is 0.00282. The maximum absolute atomic E-state index is 13.2. The molecule has 4 rings (SSSR count). The van der Waals surface area contributed by atoms with Crippen molar-refractivity contribution in [1.82, 2.24) is 29.5 Å². The van der Waals surface area contributed by atoms with Crippen LogP contribution in [0.15, 0.2) is 29.7 Å². The average Bonchev–Trinajstić information content (AvgIpc) is 3.31. The van der Waals surface area contributed by atoms with Crippen LogP contribution in [-0.2, 0) is 16.0 Å². The van der Waals surface area contributed by atoms with Crippen molar-refractivity contribution in [2.75, 3.05) is 43.4 Å². The van der Waals surface area contributed by atoms with Crippen molar-refractivity contribution in [2.45, 2.75) is 38.6 Å². The number of nitrogens with zero attached hydrogens (tertiary/aromatic N) is 7. The highest BCUT2D eigenvalue weighted by Crippen LogP contribution is 2.27. The maximum atomic E-state index is 13.2. The minimum atomic E-state index is -0.237. The molecular weight excluding hydrogens is 454 g/mol. The average molecular weight is 484 g/mol. The highest BCUT2D eigenvalue weighted by atomic mass is 32.2. The molecule has 4 heterocycles. The lowest BCUT2D eigenvalue weighted by Crippen LogP contribution is -2.49. The van der Waals surface area contributed by atoms with E-state index in [0.717, 1.165) is 27.9 Å². The third-order valence-corrected chi connectivity index (χ3v) is 6.63. The molecule has 3 aromatic rings. The number of carbonyl (C=O) groups excluding carboxylic acids is 2. The Kier molecular flexibility index (Phi) is 7.61. The zero-order chi connectivity index (χ0) is 24.1. The summed E-state index contributed by atoms with van der Waals surface area (Å²) in [5.74, 6) is 2.01. The number of hydrogen-bond acceptors (Lipinski definition) is 9. The summed E-state index contributed by atoms with van der Waals surface area (Å²) in [4.78, 5) is 42.5. The fraction of sp³-hybridized carbons (Fsp3) is 0.478. The van der Waals surface area contributed by atoms with Gasteiger partial charge in [0, 0.05) is 50.1 Å². The SMILES string of the molecule is CCOC(=O)CCc1c(C)nc2ncnn2c1N1CCN(C(=O)c2cccnc2SCC)CC1. The van der Waals surface area contributed by atoms with Gasteiger partial charge in [0.15, 0.2) is 0 Å². The number of esters is 1. The number of anilines is 1. The molecule has 0 aliphatic carbocycles. The number of pyridine rings is 1. The van der Waals surface area contributed by atoms with E-state index in [1.807, 2.05) is 24.8 Å². The summed E-state index contributed by atoms with van der Waals surface area (Å²) >= 11 is 1.58. The largest absolute Gasteiger partial charge is 0.466 e. The topological polar surface area (TPSA) is 106 Å². The van der Waals surface area contributed by atoms with E-state index in [1.165, 1.54) is 6.33 Å². The highest BCUT2D eigenvalue weighted by Gasteiger charge is 2.28. The Morgan fingerprint density at radius 3 is 2.68 bits per heavy atom. The zero-order valence-electron chi connectivity index (χ0n) is 19.7. The second-order valence-electron chi connectivity index (χ2n) is 7.84. The zero-order valence-corrected chi connectivity index (χ0v) is 20.5. The number of piperazine rings is 1. The van der Waals surface area contributed by atoms with Crippen LogP contribution in [0.3, 0.4) is 0 Å². The molecule has 0 bridgehead atoms. The summed E-state index contributed by atoms with van der Waals surface area (Å²) in [6.45, 7) is 8.53. The van der Waals surface area contributed by atoms with Crippen molar-refractivity contribution in [1.29, 1.82) is 0 Å². The van der Waals surface area contributed by atoms with E-state index in [9.17, 15) is 9.59 Å². The van der Waals surface area contributed by atoms with Crippen molar-refractivity contribution in [3.63, 3.8) is 0 Å². The molecular formula is C23H29N7O3S. The van der Waals surface area contributed by atoms with Crippen LogP contribution in [0.1, 0.15) is 41.9 Å². The Morgan fingerprint density at radius 1 is 1.15 bits per heavy atom. The molecule has 1 aliphatic heterocycles. The van der Waals surface area contributed by atoms with E-state index >= 15 is 0 Å². The molecule has 34 heavy (non-hydrogen) atoms. The van der Waals surface area contributed by atoms with E-state index in [1.54, 1.807) is 35.5 Å². The lowest BCUT2D eigenvalue weighted by Gasteiger charge is -2.37. The predicted octanol–water partition coefficient (Wildman–Crippen LogP) is 2.40. The van der Waals surface area contributed by atoms with E-state index in [2.05, 4.69) is 25.0 Å². The fourth-order valence-corrected chi connectivity index (χ4v) is 4.86. The molecule has 0 N–H and O–H groups in total. The molecule has 0 radical (unpaired) electrons. The van der Waals surface area contributed by atoms with Gasteiger partial charge in [-0.15, -0.1) is 11.8 Å². The highest BCUT2D eigenvalue weighted by molar-refractivity contribution is 7.99. The van der Waals surface area contributed by atoms with Crippen LogP contribution in [0.25, 0.3) is 5.78 Å². The molecule has 1 amide bonds. The molecule has 10 nitrogen and oxygen atoms in total. The first-order valence-corrected chi connectivity index (χ1v) is 12.5. The Morgan fingerprint density at radius 2 is 1.94 bits per heavy atom. The monoisotopic (exact) mass is 483 g/mol. The van der Waals surface area contributed by atoms with Gasteiger partial charge in [-0.25, -0.2) is 9.97 Å². The van der Waals surface area contributed by atoms with Crippen molar-refractivity contribution in [2.24, 2.45) is 0 Å². The van der Waals surface area contributed by atoms with Crippen molar-refractivity contribution >= 4 is 35.2 Å². The number of aryl methyl sites for hydroxylation is 1. The molecule has 0 atom stereocenters. The Bertz CT molecular complexity index is 1170. The number of rotatable bonds is 8. The molecule has 1 fully saturated rings. The first-order valence-electron chi connectivity index (χ1n) is 11.5. The molecule has 0 unspecified atom stereocenters. The van der Waals surface area contributed by atoms with Crippen LogP contribution in [0.4, 0.5) is 5.82 Å². The molecule has 0 saturated carbocycles. The molecule has 0 aromatic carbocycles. The van der Waals surface area contributed by atoms with Crippen molar-refractivity contribution in [3.05, 3.63) is 41.5 Å². The number of hydrogen-bond donors (Lipinski definition) is 0. The number of amides is 1. The van der Waals surface area contributed by atoms with Gasteiger partial charge in [-0.2, -0.15) is 14.6 Å². The lowest BCUT2D eigenvalue weighted by molar-refractivity contribution is -0.143.